The molecule has 0 saturated carbocycles. The highest BCUT2D eigenvalue weighted by Crippen LogP contribution is 2.24. The Morgan fingerprint density at radius 1 is 1.35 bits per heavy atom. The summed E-state index contributed by atoms with van der Waals surface area (Å²) >= 11 is 0. The van der Waals surface area contributed by atoms with E-state index in [0.717, 1.165) is 5.56 Å². The smallest absolute Gasteiger partial charge is 0.270 e. The predicted molar refractivity (Wildman–Crippen MR) is 76.8 cm³/mol. The molecule has 0 aliphatic heterocycles. The molecule has 0 radical (unpaired) electrons. The van der Waals surface area contributed by atoms with Gasteiger partial charge in [-0.15, -0.1) is 0 Å². The number of hydrogen-bond donors (Lipinski definition) is 1. The minimum atomic E-state index is -0.410. The van der Waals surface area contributed by atoms with Gasteiger partial charge in [-0.25, -0.2) is 0 Å². The van der Waals surface area contributed by atoms with Gasteiger partial charge in [-0.05, 0) is 33.8 Å². The lowest BCUT2D eigenvalue weighted by molar-refractivity contribution is -0.384. The number of non-ortho nitro benzene ring substituents is 1. The summed E-state index contributed by atoms with van der Waals surface area (Å²) in [6.07, 6.45) is 0. The summed E-state index contributed by atoms with van der Waals surface area (Å²) in [5.74, 6) is 0.598. The SMILES string of the molecule is CCOCOc1ccc([N+](=O)[O-])cc1CNC(C)(C)C. The number of ether oxygens (including phenoxy) is 2. The van der Waals surface area contributed by atoms with Crippen LogP contribution in [0.3, 0.4) is 0 Å². The highest BCUT2D eigenvalue weighted by molar-refractivity contribution is 5.43. The fraction of sp³-hybridized carbons (Fsp3) is 0.571. The zero-order valence-corrected chi connectivity index (χ0v) is 12.4. The summed E-state index contributed by atoms with van der Waals surface area (Å²) in [5, 5.41) is 14.1. The largest absolute Gasteiger partial charge is 0.467 e. The third kappa shape index (κ3) is 5.54. The van der Waals surface area contributed by atoms with Crippen molar-refractivity contribution in [3.63, 3.8) is 0 Å². The van der Waals surface area contributed by atoms with Gasteiger partial charge in [-0.2, -0.15) is 0 Å². The van der Waals surface area contributed by atoms with E-state index >= 15 is 0 Å². The summed E-state index contributed by atoms with van der Waals surface area (Å²) in [6, 6.07) is 4.57. The van der Waals surface area contributed by atoms with Crippen LogP contribution >= 0.6 is 0 Å². The zero-order valence-electron chi connectivity index (χ0n) is 12.4. The molecule has 20 heavy (non-hydrogen) atoms. The van der Waals surface area contributed by atoms with Gasteiger partial charge in [0.2, 0.25) is 0 Å². The highest BCUT2D eigenvalue weighted by atomic mass is 16.7. The van der Waals surface area contributed by atoms with Gasteiger partial charge < -0.3 is 14.8 Å². The molecule has 1 aromatic carbocycles. The molecule has 6 heteroatoms. The lowest BCUT2D eigenvalue weighted by Gasteiger charge is -2.21. The molecule has 0 aliphatic rings. The van der Waals surface area contributed by atoms with Crippen molar-refractivity contribution in [1.82, 2.24) is 5.32 Å². The summed E-state index contributed by atoms with van der Waals surface area (Å²) < 4.78 is 10.6. The van der Waals surface area contributed by atoms with Crippen LogP contribution in [0.15, 0.2) is 18.2 Å². The van der Waals surface area contributed by atoms with Crippen LogP contribution in [0, 0.1) is 10.1 Å². The van der Waals surface area contributed by atoms with Crippen molar-refractivity contribution in [2.24, 2.45) is 0 Å². The molecule has 1 rings (SSSR count). The lowest BCUT2D eigenvalue weighted by Crippen LogP contribution is -2.35. The summed E-state index contributed by atoms with van der Waals surface area (Å²) in [7, 11) is 0. The molecule has 0 unspecified atom stereocenters. The fourth-order valence-electron chi connectivity index (χ4n) is 1.51. The average Bonchev–Trinajstić information content (AvgIpc) is 2.36. The number of nitro groups is 1. The number of benzene rings is 1. The number of hydrogen-bond acceptors (Lipinski definition) is 5. The Bertz CT molecular complexity index is 455. The third-order valence-electron chi connectivity index (χ3n) is 2.57. The maximum atomic E-state index is 10.8. The van der Waals surface area contributed by atoms with E-state index in [2.05, 4.69) is 5.32 Å². The maximum Gasteiger partial charge on any atom is 0.270 e. The Morgan fingerprint density at radius 2 is 2.05 bits per heavy atom. The molecule has 0 spiro atoms. The number of nitro benzene ring substituents is 1. The first-order valence-corrected chi connectivity index (χ1v) is 6.56. The van der Waals surface area contributed by atoms with Crippen molar-refractivity contribution in [1.29, 1.82) is 0 Å². The monoisotopic (exact) mass is 282 g/mol. The van der Waals surface area contributed by atoms with Crippen LogP contribution in [0.2, 0.25) is 0 Å². The summed E-state index contributed by atoms with van der Waals surface area (Å²) in [5.41, 5.74) is 0.718. The maximum absolute atomic E-state index is 10.8. The van der Waals surface area contributed by atoms with Gasteiger partial charge in [0.15, 0.2) is 6.79 Å². The Labute approximate surface area is 119 Å². The van der Waals surface area contributed by atoms with Crippen LogP contribution < -0.4 is 10.1 Å². The standard InChI is InChI=1S/C14H22N2O4/c1-5-19-10-20-13-7-6-12(16(17)18)8-11(13)9-15-14(2,3)4/h6-8,15H,5,9-10H2,1-4H3. The quantitative estimate of drug-likeness (QED) is 0.360. The third-order valence-corrected chi connectivity index (χ3v) is 2.57. The molecule has 0 saturated heterocycles. The molecule has 6 nitrogen and oxygen atoms in total. The van der Waals surface area contributed by atoms with Crippen LogP contribution in [0.4, 0.5) is 5.69 Å². The molecule has 1 N–H and O–H groups in total. The van der Waals surface area contributed by atoms with Gasteiger partial charge in [-0.3, -0.25) is 10.1 Å². The Kier molecular flexibility index (Phi) is 5.91. The first kappa shape index (κ1) is 16.4. The van der Waals surface area contributed by atoms with Crippen molar-refractivity contribution < 1.29 is 14.4 Å². The van der Waals surface area contributed by atoms with Gasteiger partial charge >= 0.3 is 0 Å². The summed E-state index contributed by atoms with van der Waals surface area (Å²) in [6.45, 7) is 9.16. The zero-order chi connectivity index (χ0) is 15.2. The fourth-order valence-corrected chi connectivity index (χ4v) is 1.51. The van der Waals surface area contributed by atoms with Crippen molar-refractivity contribution in [2.45, 2.75) is 39.8 Å². The van der Waals surface area contributed by atoms with E-state index < -0.39 is 4.92 Å². The van der Waals surface area contributed by atoms with Gasteiger partial charge in [0, 0.05) is 36.4 Å². The first-order chi connectivity index (χ1) is 9.33. The molecule has 112 valence electrons. The van der Waals surface area contributed by atoms with Crippen LogP contribution in [0.1, 0.15) is 33.3 Å². The first-order valence-electron chi connectivity index (χ1n) is 6.56. The van der Waals surface area contributed by atoms with E-state index in [-0.39, 0.29) is 18.0 Å². The van der Waals surface area contributed by atoms with Crippen molar-refractivity contribution >= 4 is 5.69 Å². The topological polar surface area (TPSA) is 73.6 Å². The van der Waals surface area contributed by atoms with E-state index in [9.17, 15) is 10.1 Å². The minimum absolute atomic E-state index is 0.0551. The van der Waals surface area contributed by atoms with Crippen LogP contribution in [-0.4, -0.2) is 23.9 Å². The predicted octanol–water partition coefficient (Wildman–Crippen LogP) is 2.86. The molecule has 0 aliphatic carbocycles. The van der Waals surface area contributed by atoms with Gasteiger partial charge in [0.1, 0.15) is 5.75 Å². The van der Waals surface area contributed by atoms with E-state index in [4.69, 9.17) is 9.47 Å². The normalized spacial score (nSPS) is 11.4. The van der Waals surface area contributed by atoms with Crippen LogP contribution in [0.25, 0.3) is 0 Å². The van der Waals surface area contributed by atoms with E-state index in [1.165, 1.54) is 12.1 Å². The van der Waals surface area contributed by atoms with Crippen molar-refractivity contribution in [3.8, 4) is 5.75 Å². The number of nitrogens with one attached hydrogen (secondary N) is 1. The van der Waals surface area contributed by atoms with E-state index in [1.54, 1.807) is 6.07 Å². The molecular formula is C14H22N2O4. The van der Waals surface area contributed by atoms with Crippen LogP contribution in [0.5, 0.6) is 5.75 Å². The number of nitrogens with zero attached hydrogens (tertiary/aromatic N) is 1. The Hall–Kier alpha value is -1.66. The second-order valence-electron chi connectivity index (χ2n) is 5.41. The summed E-state index contributed by atoms with van der Waals surface area (Å²) in [4.78, 5) is 10.4. The van der Waals surface area contributed by atoms with Crippen molar-refractivity contribution in [2.75, 3.05) is 13.4 Å². The Balaban J connectivity index is 2.88. The molecule has 0 atom stereocenters. The van der Waals surface area contributed by atoms with Gasteiger partial charge in [0.05, 0.1) is 4.92 Å². The second kappa shape index (κ2) is 7.21. The molecule has 0 bridgehead atoms. The number of rotatable bonds is 7. The Morgan fingerprint density at radius 3 is 2.60 bits per heavy atom. The van der Waals surface area contributed by atoms with E-state index in [0.29, 0.717) is 18.9 Å². The molecule has 0 heterocycles. The van der Waals surface area contributed by atoms with Gasteiger partial charge in [-0.1, -0.05) is 0 Å². The van der Waals surface area contributed by atoms with Gasteiger partial charge in [0.25, 0.3) is 5.69 Å². The van der Waals surface area contributed by atoms with E-state index in [1.807, 2.05) is 27.7 Å². The molecule has 0 amide bonds. The second-order valence-corrected chi connectivity index (χ2v) is 5.41. The van der Waals surface area contributed by atoms with Crippen molar-refractivity contribution in [3.05, 3.63) is 33.9 Å². The van der Waals surface area contributed by atoms with Crippen LogP contribution in [-0.2, 0) is 11.3 Å². The molecular weight excluding hydrogens is 260 g/mol. The minimum Gasteiger partial charge on any atom is -0.467 e. The highest BCUT2D eigenvalue weighted by Gasteiger charge is 2.15. The lowest BCUT2D eigenvalue weighted by atomic mass is 10.1. The average molecular weight is 282 g/mol. The molecule has 0 fully saturated rings. The molecule has 1 aromatic rings. The molecule has 0 aromatic heterocycles.